The first kappa shape index (κ1) is 24.3. The number of hydrogen-bond donors (Lipinski definition) is 0. The maximum atomic E-state index is 5.69. The van der Waals surface area contributed by atoms with Crippen molar-refractivity contribution in [3.05, 3.63) is 59.7 Å². The highest BCUT2D eigenvalue weighted by atomic mass is 16.5. The number of rotatable bonds is 16. The highest BCUT2D eigenvalue weighted by molar-refractivity contribution is 5.47. The van der Waals surface area contributed by atoms with Crippen LogP contribution in [0.15, 0.2) is 48.5 Å². The third kappa shape index (κ3) is 8.05. The van der Waals surface area contributed by atoms with Crippen LogP contribution in [-0.2, 0) is 0 Å². The van der Waals surface area contributed by atoms with Gasteiger partial charge in [0.25, 0.3) is 0 Å². The minimum atomic E-state index is 0.302. The van der Waals surface area contributed by atoms with E-state index in [2.05, 4.69) is 43.3 Å². The summed E-state index contributed by atoms with van der Waals surface area (Å²) >= 11 is 0. The largest absolute Gasteiger partial charge is 0.496 e. The fraction of sp³-hybridized carbons (Fsp3) is 0.571. The van der Waals surface area contributed by atoms with Crippen molar-refractivity contribution in [3.8, 4) is 11.5 Å². The lowest BCUT2D eigenvalue weighted by Gasteiger charge is -2.22. The van der Waals surface area contributed by atoms with E-state index in [4.69, 9.17) is 9.47 Å². The summed E-state index contributed by atoms with van der Waals surface area (Å²) in [4.78, 5) is 0. The fourth-order valence-electron chi connectivity index (χ4n) is 4.40. The van der Waals surface area contributed by atoms with Crippen molar-refractivity contribution in [3.63, 3.8) is 0 Å². The molecule has 2 aromatic carbocycles. The molecule has 0 aliphatic carbocycles. The zero-order valence-electron chi connectivity index (χ0n) is 19.5. The fourth-order valence-corrected chi connectivity index (χ4v) is 4.40. The van der Waals surface area contributed by atoms with Crippen molar-refractivity contribution < 1.29 is 9.47 Å². The molecule has 0 aromatic heterocycles. The molecule has 2 rings (SSSR count). The molecule has 0 N–H and O–H groups in total. The van der Waals surface area contributed by atoms with E-state index in [1.807, 2.05) is 12.1 Å². The Hall–Kier alpha value is -1.96. The average Bonchev–Trinajstić information content (AvgIpc) is 2.80. The maximum Gasteiger partial charge on any atom is 0.122 e. The molecule has 2 nitrogen and oxygen atoms in total. The first-order valence-electron chi connectivity index (χ1n) is 12.1. The van der Waals surface area contributed by atoms with Crippen LogP contribution in [0.1, 0.15) is 101 Å². The molecule has 0 radical (unpaired) electrons. The van der Waals surface area contributed by atoms with E-state index < -0.39 is 0 Å². The van der Waals surface area contributed by atoms with Gasteiger partial charge in [-0.25, -0.2) is 0 Å². The van der Waals surface area contributed by atoms with Gasteiger partial charge in [0.15, 0.2) is 0 Å². The number of hydrogen-bond acceptors (Lipinski definition) is 2. The van der Waals surface area contributed by atoms with Crippen LogP contribution in [0.5, 0.6) is 11.5 Å². The molecule has 0 fully saturated rings. The van der Waals surface area contributed by atoms with Crippen LogP contribution < -0.4 is 9.47 Å². The second-order valence-corrected chi connectivity index (χ2v) is 8.36. The van der Waals surface area contributed by atoms with Gasteiger partial charge >= 0.3 is 0 Å². The predicted molar refractivity (Wildman–Crippen MR) is 129 cm³/mol. The molecule has 0 aliphatic rings. The van der Waals surface area contributed by atoms with E-state index in [0.717, 1.165) is 17.9 Å². The lowest BCUT2D eigenvalue weighted by atomic mass is 9.85. The summed E-state index contributed by atoms with van der Waals surface area (Å²) in [5, 5.41) is 0. The molecule has 0 spiro atoms. The molecule has 166 valence electrons. The van der Waals surface area contributed by atoms with Crippen molar-refractivity contribution in [1.29, 1.82) is 0 Å². The zero-order valence-corrected chi connectivity index (χ0v) is 19.5. The minimum Gasteiger partial charge on any atom is -0.496 e. The predicted octanol–water partition coefficient (Wildman–Crippen LogP) is 8.54. The quantitative estimate of drug-likeness (QED) is 0.258. The second kappa shape index (κ2) is 14.9. The molecule has 0 atom stereocenters. The van der Waals surface area contributed by atoms with Crippen molar-refractivity contribution in [1.82, 2.24) is 0 Å². The van der Waals surface area contributed by atoms with Gasteiger partial charge < -0.3 is 9.47 Å². The Morgan fingerprint density at radius 2 is 0.967 bits per heavy atom. The van der Waals surface area contributed by atoms with Crippen LogP contribution in [0.3, 0.4) is 0 Å². The summed E-state index contributed by atoms with van der Waals surface area (Å²) in [5.74, 6) is 2.24. The first-order chi connectivity index (χ1) is 14.8. The Labute approximate surface area is 185 Å². The number of methoxy groups -OCH3 is 2. The number of unbranched alkanes of at least 4 members (excludes halogenated alkanes) is 10. The summed E-state index contributed by atoms with van der Waals surface area (Å²) in [7, 11) is 3.53. The summed E-state index contributed by atoms with van der Waals surface area (Å²) in [6.45, 7) is 2.28. The molecular formula is C28H42O2. The van der Waals surface area contributed by atoms with E-state index in [0.29, 0.717) is 5.92 Å². The van der Waals surface area contributed by atoms with Gasteiger partial charge in [-0.3, -0.25) is 0 Å². The molecule has 2 aromatic rings. The molecule has 30 heavy (non-hydrogen) atoms. The monoisotopic (exact) mass is 410 g/mol. The van der Waals surface area contributed by atoms with Gasteiger partial charge in [-0.15, -0.1) is 0 Å². The van der Waals surface area contributed by atoms with Crippen LogP contribution in [-0.4, -0.2) is 14.2 Å². The SMILES string of the molecule is CCCCCCCCCCCCCC(c1ccccc1OC)c1ccccc1OC. The van der Waals surface area contributed by atoms with E-state index >= 15 is 0 Å². The Morgan fingerprint density at radius 1 is 0.567 bits per heavy atom. The number of benzene rings is 2. The Balaban J connectivity index is 1.86. The zero-order chi connectivity index (χ0) is 21.4. The van der Waals surface area contributed by atoms with E-state index in [9.17, 15) is 0 Å². The molecule has 0 bridgehead atoms. The van der Waals surface area contributed by atoms with E-state index in [1.165, 1.54) is 81.8 Å². The van der Waals surface area contributed by atoms with Crippen molar-refractivity contribution in [2.45, 2.75) is 89.9 Å². The van der Waals surface area contributed by atoms with Crippen LogP contribution in [0.25, 0.3) is 0 Å². The lowest BCUT2D eigenvalue weighted by Crippen LogP contribution is -2.06. The normalized spacial score (nSPS) is 11.1. The Morgan fingerprint density at radius 3 is 1.40 bits per heavy atom. The maximum absolute atomic E-state index is 5.69. The highest BCUT2D eigenvalue weighted by Crippen LogP contribution is 2.39. The third-order valence-corrected chi connectivity index (χ3v) is 6.13. The smallest absolute Gasteiger partial charge is 0.122 e. The van der Waals surface area contributed by atoms with Gasteiger partial charge in [0.2, 0.25) is 0 Å². The Bertz CT molecular complexity index is 647. The molecule has 0 aliphatic heterocycles. The van der Waals surface area contributed by atoms with Gasteiger partial charge in [0.05, 0.1) is 14.2 Å². The lowest BCUT2D eigenvalue weighted by molar-refractivity contribution is 0.396. The van der Waals surface area contributed by atoms with E-state index in [-0.39, 0.29) is 0 Å². The summed E-state index contributed by atoms with van der Waals surface area (Å²) in [5.41, 5.74) is 2.52. The summed E-state index contributed by atoms with van der Waals surface area (Å²) in [6.07, 6.45) is 16.2. The van der Waals surface area contributed by atoms with Gasteiger partial charge in [0.1, 0.15) is 11.5 Å². The molecular weight excluding hydrogens is 368 g/mol. The van der Waals surface area contributed by atoms with Crippen LogP contribution in [0, 0.1) is 0 Å². The topological polar surface area (TPSA) is 18.5 Å². The molecule has 0 unspecified atom stereocenters. The molecule has 2 heteroatoms. The highest BCUT2D eigenvalue weighted by Gasteiger charge is 2.21. The van der Waals surface area contributed by atoms with Crippen LogP contribution in [0.4, 0.5) is 0 Å². The average molecular weight is 411 g/mol. The van der Waals surface area contributed by atoms with Crippen LogP contribution >= 0.6 is 0 Å². The summed E-state index contributed by atoms with van der Waals surface area (Å²) in [6, 6.07) is 16.9. The standard InChI is InChI=1S/C28H42O2/c1-4-5-6-7-8-9-10-11-12-13-14-19-24(25-20-15-17-22-27(25)29-2)26-21-16-18-23-28(26)30-3/h15-18,20-24H,4-14,19H2,1-3H3. The second-order valence-electron chi connectivity index (χ2n) is 8.36. The van der Waals surface area contributed by atoms with Gasteiger partial charge in [0, 0.05) is 17.0 Å². The number of para-hydroxylation sites is 2. The van der Waals surface area contributed by atoms with Gasteiger partial charge in [-0.05, 0) is 18.6 Å². The van der Waals surface area contributed by atoms with Crippen LogP contribution in [0.2, 0.25) is 0 Å². The number of ether oxygens (including phenoxy) is 2. The first-order valence-corrected chi connectivity index (χ1v) is 12.1. The van der Waals surface area contributed by atoms with Gasteiger partial charge in [-0.2, -0.15) is 0 Å². The molecule has 0 heterocycles. The molecule has 0 saturated heterocycles. The van der Waals surface area contributed by atoms with Crippen molar-refractivity contribution >= 4 is 0 Å². The van der Waals surface area contributed by atoms with E-state index in [1.54, 1.807) is 14.2 Å². The summed E-state index contributed by atoms with van der Waals surface area (Å²) < 4.78 is 11.4. The molecule has 0 saturated carbocycles. The van der Waals surface area contributed by atoms with Gasteiger partial charge in [-0.1, -0.05) is 114 Å². The van der Waals surface area contributed by atoms with Crippen molar-refractivity contribution in [2.24, 2.45) is 0 Å². The third-order valence-electron chi connectivity index (χ3n) is 6.13. The van der Waals surface area contributed by atoms with Crippen molar-refractivity contribution in [2.75, 3.05) is 14.2 Å². The Kier molecular flexibility index (Phi) is 12.1. The minimum absolute atomic E-state index is 0.302. The molecule has 0 amide bonds.